The first-order chi connectivity index (χ1) is 12.0. The summed E-state index contributed by atoms with van der Waals surface area (Å²) in [4.78, 5) is 14.5. The van der Waals surface area contributed by atoms with E-state index in [9.17, 15) is 4.79 Å². The van der Waals surface area contributed by atoms with Gasteiger partial charge in [-0.3, -0.25) is 14.4 Å². The summed E-state index contributed by atoms with van der Waals surface area (Å²) in [6.07, 6.45) is 2.24. The number of aromatic nitrogens is 2. The quantitative estimate of drug-likeness (QED) is 0.909. The molecule has 0 bridgehead atoms. The molecule has 0 aliphatic carbocycles. The fourth-order valence-electron chi connectivity index (χ4n) is 3.56. The maximum Gasteiger partial charge on any atom is 0.238 e. The van der Waals surface area contributed by atoms with Gasteiger partial charge in [-0.15, -0.1) is 0 Å². The Labute approximate surface area is 150 Å². The molecule has 3 rings (SSSR count). The molecule has 25 heavy (non-hydrogen) atoms. The molecule has 2 heterocycles. The van der Waals surface area contributed by atoms with Crippen LogP contribution in [0.3, 0.4) is 0 Å². The highest BCUT2D eigenvalue weighted by Crippen LogP contribution is 2.20. The molecule has 0 atom stereocenters. The van der Waals surface area contributed by atoms with Gasteiger partial charge in [-0.05, 0) is 76.4 Å². The molecule has 1 N–H and O–H groups in total. The number of carbonyl (C=O) groups is 1. The van der Waals surface area contributed by atoms with Gasteiger partial charge < -0.3 is 5.32 Å². The second kappa shape index (κ2) is 7.83. The SMILES string of the molecule is Cc1cccc(NC(=O)CN2CCC(Cn3nc(C)cc3C)CC2)c1. The van der Waals surface area contributed by atoms with Crippen molar-refractivity contribution in [2.75, 3.05) is 25.0 Å². The predicted octanol–water partition coefficient (Wildman–Crippen LogP) is 3.16. The molecule has 1 fully saturated rings. The zero-order valence-electron chi connectivity index (χ0n) is 15.5. The van der Waals surface area contributed by atoms with Gasteiger partial charge in [-0.25, -0.2) is 0 Å². The van der Waals surface area contributed by atoms with Crippen molar-refractivity contribution in [3.05, 3.63) is 47.3 Å². The predicted molar refractivity (Wildman–Crippen MR) is 101 cm³/mol. The monoisotopic (exact) mass is 340 g/mol. The van der Waals surface area contributed by atoms with Gasteiger partial charge in [0.1, 0.15) is 0 Å². The average molecular weight is 340 g/mol. The molecule has 0 unspecified atom stereocenters. The summed E-state index contributed by atoms with van der Waals surface area (Å²) in [5, 5.41) is 7.56. The highest BCUT2D eigenvalue weighted by atomic mass is 16.2. The molecule has 0 radical (unpaired) electrons. The molecule has 0 saturated carbocycles. The van der Waals surface area contributed by atoms with Crippen molar-refractivity contribution in [3.63, 3.8) is 0 Å². The van der Waals surface area contributed by atoms with Gasteiger partial charge in [-0.1, -0.05) is 12.1 Å². The van der Waals surface area contributed by atoms with Crippen LogP contribution >= 0.6 is 0 Å². The molecule has 1 amide bonds. The molecular weight excluding hydrogens is 312 g/mol. The van der Waals surface area contributed by atoms with Crippen LogP contribution in [0, 0.1) is 26.7 Å². The van der Waals surface area contributed by atoms with Gasteiger partial charge in [0, 0.05) is 17.9 Å². The van der Waals surface area contributed by atoms with E-state index in [0.29, 0.717) is 12.5 Å². The van der Waals surface area contributed by atoms with Gasteiger partial charge in [0.25, 0.3) is 0 Å². The molecule has 1 saturated heterocycles. The number of benzene rings is 1. The third kappa shape index (κ3) is 4.92. The van der Waals surface area contributed by atoms with Gasteiger partial charge in [0.2, 0.25) is 5.91 Å². The van der Waals surface area contributed by atoms with E-state index < -0.39 is 0 Å². The van der Waals surface area contributed by atoms with Crippen LogP contribution in [0.15, 0.2) is 30.3 Å². The van der Waals surface area contributed by atoms with Crippen LogP contribution in [0.5, 0.6) is 0 Å². The number of piperidine rings is 1. The second-order valence-corrected chi connectivity index (χ2v) is 7.25. The van der Waals surface area contributed by atoms with Crippen LogP contribution in [0.25, 0.3) is 0 Å². The Kier molecular flexibility index (Phi) is 5.53. The lowest BCUT2D eigenvalue weighted by molar-refractivity contribution is -0.117. The first-order valence-electron chi connectivity index (χ1n) is 9.09. The van der Waals surface area contributed by atoms with E-state index in [1.54, 1.807) is 0 Å². The zero-order chi connectivity index (χ0) is 17.8. The molecule has 2 aromatic rings. The fourth-order valence-corrected chi connectivity index (χ4v) is 3.56. The number of anilines is 1. The first-order valence-corrected chi connectivity index (χ1v) is 9.09. The second-order valence-electron chi connectivity index (χ2n) is 7.25. The van der Waals surface area contributed by atoms with E-state index in [1.807, 2.05) is 38.1 Å². The molecule has 1 aromatic carbocycles. The molecule has 5 heteroatoms. The van der Waals surface area contributed by atoms with Crippen LogP contribution in [0.1, 0.15) is 29.8 Å². The number of carbonyl (C=O) groups excluding carboxylic acids is 1. The Morgan fingerprint density at radius 3 is 2.60 bits per heavy atom. The van der Waals surface area contributed by atoms with Gasteiger partial charge >= 0.3 is 0 Å². The van der Waals surface area contributed by atoms with E-state index in [0.717, 1.165) is 49.4 Å². The largest absolute Gasteiger partial charge is 0.325 e. The first kappa shape index (κ1) is 17.7. The number of hydrogen-bond acceptors (Lipinski definition) is 3. The smallest absolute Gasteiger partial charge is 0.238 e. The zero-order valence-corrected chi connectivity index (χ0v) is 15.5. The lowest BCUT2D eigenvalue weighted by Crippen LogP contribution is -2.40. The topological polar surface area (TPSA) is 50.2 Å². The summed E-state index contributed by atoms with van der Waals surface area (Å²) in [5.41, 5.74) is 4.35. The van der Waals surface area contributed by atoms with Gasteiger partial charge in [-0.2, -0.15) is 5.10 Å². The van der Waals surface area contributed by atoms with Crippen molar-refractivity contribution >= 4 is 11.6 Å². The van der Waals surface area contributed by atoms with E-state index in [4.69, 9.17) is 0 Å². The highest BCUT2D eigenvalue weighted by molar-refractivity contribution is 5.92. The standard InChI is InChI=1S/C20H28N4O/c1-15-5-4-6-19(11-15)21-20(25)14-23-9-7-18(8-10-23)13-24-17(3)12-16(2)22-24/h4-6,11-12,18H,7-10,13-14H2,1-3H3,(H,21,25). The van der Waals surface area contributed by atoms with Crippen molar-refractivity contribution in [1.82, 2.24) is 14.7 Å². The molecule has 0 spiro atoms. The lowest BCUT2D eigenvalue weighted by Gasteiger charge is -2.31. The average Bonchev–Trinajstić information content (AvgIpc) is 2.86. The Morgan fingerprint density at radius 2 is 1.96 bits per heavy atom. The number of amides is 1. The van der Waals surface area contributed by atoms with Crippen molar-refractivity contribution in [2.24, 2.45) is 5.92 Å². The number of nitrogens with zero attached hydrogens (tertiary/aromatic N) is 3. The summed E-state index contributed by atoms with van der Waals surface area (Å²) in [6.45, 7) is 9.60. The minimum absolute atomic E-state index is 0.0718. The number of hydrogen-bond donors (Lipinski definition) is 1. The lowest BCUT2D eigenvalue weighted by atomic mass is 9.97. The maximum absolute atomic E-state index is 12.2. The number of nitrogens with one attached hydrogen (secondary N) is 1. The molecule has 1 aliphatic heterocycles. The van der Waals surface area contributed by atoms with Gasteiger partial charge in [0.05, 0.1) is 12.2 Å². The van der Waals surface area contributed by atoms with Crippen LogP contribution in [0.2, 0.25) is 0 Å². The van der Waals surface area contributed by atoms with E-state index >= 15 is 0 Å². The summed E-state index contributed by atoms with van der Waals surface area (Å²) >= 11 is 0. The Morgan fingerprint density at radius 1 is 1.20 bits per heavy atom. The fraction of sp³-hybridized carbons (Fsp3) is 0.500. The molecule has 5 nitrogen and oxygen atoms in total. The number of aryl methyl sites for hydroxylation is 3. The van der Waals surface area contributed by atoms with E-state index in [-0.39, 0.29) is 5.91 Å². The maximum atomic E-state index is 12.2. The van der Waals surface area contributed by atoms with E-state index in [2.05, 4.69) is 33.0 Å². The van der Waals surface area contributed by atoms with Crippen molar-refractivity contribution in [1.29, 1.82) is 0 Å². The summed E-state index contributed by atoms with van der Waals surface area (Å²) in [7, 11) is 0. The van der Waals surface area contributed by atoms with Gasteiger partial charge in [0.15, 0.2) is 0 Å². The third-order valence-electron chi connectivity index (χ3n) is 4.91. The summed E-state index contributed by atoms with van der Waals surface area (Å²) in [6, 6.07) is 10.1. The third-order valence-corrected chi connectivity index (χ3v) is 4.91. The van der Waals surface area contributed by atoms with Crippen molar-refractivity contribution < 1.29 is 4.79 Å². The van der Waals surface area contributed by atoms with Crippen LogP contribution in [-0.4, -0.2) is 40.2 Å². The van der Waals surface area contributed by atoms with Crippen molar-refractivity contribution in [3.8, 4) is 0 Å². The summed E-state index contributed by atoms with van der Waals surface area (Å²) < 4.78 is 2.13. The molecule has 1 aromatic heterocycles. The van der Waals surface area contributed by atoms with Crippen molar-refractivity contribution in [2.45, 2.75) is 40.2 Å². The highest BCUT2D eigenvalue weighted by Gasteiger charge is 2.22. The molecule has 1 aliphatic rings. The van der Waals surface area contributed by atoms with E-state index in [1.165, 1.54) is 5.69 Å². The Balaban J connectivity index is 1.44. The summed E-state index contributed by atoms with van der Waals surface area (Å²) in [5.74, 6) is 0.719. The number of likely N-dealkylation sites (tertiary alicyclic amines) is 1. The molecular formula is C20H28N4O. The Bertz CT molecular complexity index is 729. The Hall–Kier alpha value is -2.14. The minimum Gasteiger partial charge on any atom is -0.325 e. The normalized spacial score (nSPS) is 16.1. The minimum atomic E-state index is 0.0718. The number of rotatable bonds is 5. The van der Waals surface area contributed by atoms with Crippen LogP contribution in [0.4, 0.5) is 5.69 Å². The van der Waals surface area contributed by atoms with Crippen LogP contribution < -0.4 is 5.32 Å². The molecule has 134 valence electrons. The van der Waals surface area contributed by atoms with Crippen LogP contribution in [-0.2, 0) is 11.3 Å².